The second kappa shape index (κ2) is 10.2. The molecule has 0 saturated carbocycles. The van der Waals surface area contributed by atoms with Gasteiger partial charge >= 0.3 is 0 Å². The van der Waals surface area contributed by atoms with Gasteiger partial charge in [-0.15, -0.1) is 34.2 Å². The van der Waals surface area contributed by atoms with Crippen LogP contribution in [0, 0.1) is 6.92 Å². The number of aryl methyl sites for hydroxylation is 2. The summed E-state index contributed by atoms with van der Waals surface area (Å²) in [5.41, 5.74) is 1.15. The lowest BCUT2D eigenvalue weighted by Crippen LogP contribution is -2.39. The van der Waals surface area contributed by atoms with Gasteiger partial charge in [-0.25, -0.2) is 9.98 Å². The third kappa shape index (κ3) is 5.50. The molecule has 28 heavy (non-hydrogen) atoms. The minimum absolute atomic E-state index is 0. The molecule has 0 atom stereocenters. The summed E-state index contributed by atoms with van der Waals surface area (Å²) in [5.74, 6) is 3.36. The van der Waals surface area contributed by atoms with Crippen LogP contribution in [0.2, 0.25) is 0 Å². The van der Waals surface area contributed by atoms with Crippen LogP contribution < -0.4 is 5.32 Å². The van der Waals surface area contributed by atoms with Crippen LogP contribution in [0.5, 0.6) is 0 Å². The van der Waals surface area contributed by atoms with Gasteiger partial charge in [0, 0.05) is 21.1 Å². The molecule has 1 aromatic carbocycles. The summed E-state index contributed by atoms with van der Waals surface area (Å²) in [6.07, 6.45) is 1.56. The van der Waals surface area contributed by atoms with E-state index in [0.29, 0.717) is 19.6 Å². The Labute approximate surface area is 181 Å². The molecular formula is C18H26IN9. The van der Waals surface area contributed by atoms with Gasteiger partial charge in [0.15, 0.2) is 11.8 Å². The molecule has 0 spiro atoms. The SMILES string of the molecule is Cc1nnc(CNC(=NCc2ccccc2)N(C)Cc2ncnn2C)n1C.I. The van der Waals surface area contributed by atoms with Crippen molar-refractivity contribution in [2.24, 2.45) is 19.1 Å². The van der Waals surface area contributed by atoms with Gasteiger partial charge in [-0.1, -0.05) is 30.3 Å². The van der Waals surface area contributed by atoms with Crippen LogP contribution >= 0.6 is 24.0 Å². The number of hydrogen-bond acceptors (Lipinski definition) is 5. The molecule has 3 rings (SSSR count). The molecule has 150 valence electrons. The highest BCUT2D eigenvalue weighted by molar-refractivity contribution is 14.0. The number of aliphatic imine (C=N–C) groups is 1. The van der Waals surface area contributed by atoms with Crippen LogP contribution in [0.15, 0.2) is 41.7 Å². The molecule has 0 saturated heterocycles. The molecule has 0 bridgehead atoms. The topological polar surface area (TPSA) is 89.1 Å². The maximum atomic E-state index is 4.77. The number of halogens is 1. The highest BCUT2D eigenvalue weighted by atomic mass is 127. The summed E-state index contributed by atoms with van der Waals surface area (Å²) in [5, 5.41) is 15.8. The van der Waals surface area contributed by atoms with Crippen molar-refractivity contribution >= 4 is 29.9 Å². The predicted octanol–water partition coefficient (Wildman–Crippen LogP) is 1.65. The molecule has 10 heteroatoms. The number of guanidine groups is 1. The Morgan fingerprint density at radius 1 is 1.14 bits per heavy atom. The van der Waals surface area contributed by atoms with E-state index < -0.39 is 0 Å². The van der Waals surface area contributed by atoms with Crippen molar-refractivity contribution in [1.82, 2.24) is 39.7 Å². The van der Waals surface area contributed by atoms with Gasteiger partial charge in [0.05, 0.1) is 19.6 Å². The second-order valence-electron chi connectivity index (χ2n) is 6.36. The molecule has 0 aliphatic heterocycles. The molecule has 9 nitrogen and oxygen atoms in total. The summed E-state index contributed by atoms with van der Waals surface area (Å²) in [4.78, 5) is 11.1. The van der Waals surface area contributed by atoms with Crippen LogP contribution in [-0.2, 0) is 33.7 Å². The lowest BCUT2D eigenvalue weighted by atomic mass is 10.2. The minimum atomic E-state index is 0. The highest BCUT2D eigenvalue weighted by Crippen LogP contribution is 2.04. The van der Waals surface area contributed by atoms with Crippen LogP contribution in [-0.4, -0.2) is 47.4 Å². The first kappa shape index (κ1) is 21.8. The van der Waals surface area contributed by atoms with Crippen LogP contribution in [0.3, 0.4) is 0 Å². The average Bonchev–Trinajstić information content (AvgIpc) is 3.22. The van der Waals surface area contributed by atoms with E-state index in [0.717, 1.165) is 29.0 Å². The third-order valence-electron chi connectivity index (χ3n) is 4.39. The molecule has 2 aromatic heterocycles. The number of hydrogen-bond donors (Lipinski definition) is 1. The first-order valence-corrected chi connectivity index (χ1v) is 8.75. The van der Waals surface area contributed by atoms with Crippen molar-refractivity contribution in [2.45, 2.75) is 26.6 Å². The summed E-state index contributed by atoms with van der Waals surface area (Å²) in [7, 11) is 5.82. The Morgan fingerprint density at radius 3 is 2.50 bits per heavy atom. The largest absolute Gasteiger partial charge is 0.349 e. The van der Waals surface area contributed by atoms with Gasteiger partial charge in [-0.3, -0.25) is 4.68 Å². The maximum absolute atomic E-state index is 4.77. The van der Waals surface area contributed by atoms with Crippen molar-refractivity contribution in [1.29, 1.82) is 0 Å². The number of benzene rings is 1. The Kier molecular flexibility index (Phi) is 7.91. The van der Waals surface area contributed by atoms with Crippen molar-refractivity contribution in [2.75, 3.05) is 7.05 Å². The summed E-state index contributed by atoms with van der Waals surface area (Å²) >= 11 is 0. The van der Waals surface area contributed by atoms with Crippen molar-refractivity contribution in [3.05, 3.63) is 59.7 Å². The lowest BCUT2D eigenvalue weighted by Gasteiger charge is -2.22. The van der Waals surface area contributed by atoms with Crippen LogP contribution in [0.4, 0.5) is 0 Å². The molecule has 2 heterocycles. The Bertz CT molecular complexity index is 901. The smallest absolute Gasteiger partial charge is 0.194 e. The van der Waals surface area contributed by atoms with E-state index in [4.69, 9.17) is 4.99 Å². The zero-order valence-corrected chi connectivity index (χ0v) is 18.9. The molecule has 0 amide bonds. The minimum Gasteiger partial charge on any atom is -0.349 e. The normalized spacial score (nSPS) is 11.2. The lowest BCUT2D eigenvalue weighted by molar-refractivity contribution is 0.445. The Balaban J connectivity index is 0.00000280. The number of nitrogens with zero attached hydrogens (tertiary/aromatic N) is 8. The van der Waals surface area contributed by atoms with Crippen molar-refractivity contribution in [3.8, 4) is 0 Å². The Hall–Kier alpha value is -2.50. The number of aromatic nitrogens is 6. The molecule has 0 unspecified atom stereocenters. The van der Waals surface area contributed by atoms with Gasteiger partial charge in [0.25, 0.3) is 0 Å². The summed E-state index contributed by atoms with van der Waals surface area (Å²) in [6, 6.07) is 10.2. The van der Waals surface area contributed by atoms with E-state index in [1.54, 1.807) is 11.0 Å². The van der Waals surface area contributed by atoms with Gasteiger partial charge in [0.2, 0.25) is 0 Å². The van der Waals surface area contributed by atoms with Crippen LogP contribution in [0.25, 0.3) is 0 Å². The predicted molar refractivity (Wildman–Crippen MR) is 118 cm³/mol. The van der Waals surface area contributed by atoms with Crippen molar-refractivity contribution in [3.63, 3.8) is 0 Å². The fraction of sp³-hybridized carbons (Fsp3) is 0.389. The fourth-order valence-corrected chi connectivity index (χ4v) is 2.57. The molecule has 0 radical (unpaired) electrons. The van der Waals surface area contributed by atoms with E-state index >= 15 is 0 Å². The van der Waals surface area contributed by atoms with Gasteiger partial charge < -0.3 is 14.8 Å². The fourth-order valence-electron chi connectivity index (χ4n) is 2.57. The molecule has 0 fully saturated rings. The molecule has 0 aliphatic carbocycles. The van der Waals surface area contributed by atoms with E-state index in [9.17, 15) is 0 Å². The average molecular weight is 495 g/mol. The molecular weight excluding hydrogens is 469 g/mol. The van der Waals surface area contributed by atoms with E-state index in [2.05, 4.69) is 37.7 Å². The monoisotopic (exact) mass is 495 g/mol. The first-order valence-electron chi connectivity index (χ1n) is 8.75. The zero-order chi connectivity index (χ0) is 19.2. The second-order valence-corrected chi connectivity index (χ2v) is 6.36. The van der Waals surface area contributed by atoms with Crippen molar-refractivity contribution < 1.29 is 0 Å². The van der Waals surface area contributed by atoms with E-state index in [1.807, 2.05) is 55.7 Å². The molecule has 0 aliphatic rings. The number of nitrogens with one attached hydrogen (secondary N) is 1. The molecule has 3 aromatic rings. The summed E-state index contributed by atoms with van der Waals surface area (Å²) < 4.78 is 3.72. The van der Waals surface area contributed by atoms with Gasteiger partial charge in [-0.05, 0) is 12.5 Å². The zero-order valence-electron chi connectivity index (χ0n) is 16.6. The Morgan fingerprint density at radius 2 is 1.89 bits per heavy atom. The van der Waals surface area contributed by atoms with Gasteiger partial charge in [0.1, 0.15) is 18.0 Å². The third-order valence-corrected chi connectivity index (χ3v) is 4.39. The summed E-state index contributed by atoms with van der Waals surface area (Å²) in [6.45, 7) is 3.65. The first-order chi connectivity index (χ1) is 13.0. The standard InChI is InChI=1S/C18H25N9.HI/c1-14-23-24-16(26(14)3)11-20-18(19-10-15-8-6-5-7-9-15)25(2)12-17-21-13-22-27(17)4;/h5-9,13H,10-12H2,1-4H3,(H,19,20);1H. The maximum Gasteiger partial charge on any atom is 0.194 e. The quantitative estimate of drug-likeness (QED) is 0.318. The number of rotatable bonds is 6. The van der Waals surface area contributed by atoms with Gasteiger partial charge in [-0.2, -0.15) is 5.10 Å². The van der Waals surface area contributed by atoms with E-state index in [1.165, 1.54) is 0 Å². The molecule has 1 N–H and O–H groups in total. The highest BCUT2D eigenvalue weighted by Gasteiger charge is 2.12. The van der Waals surface area contributed by atoms with Crippen LogP contribution in [0.1, 0.15) is 23.0 Å². The van der Waals surface area contributed by atoms with E-state index in [-0.39, 0.29) is 24.0 Å².